The topological polar surface area (TPSA) is 39.5 Å². The van der Waals surface area contributed by atoms with Gasteiger partial charge in [0.15, 0.2) is 0 Å². The van der Waals surface area contributed by atoms with Gasteiger partial charge in [-0.05, 0) is 58.0 Å². The Balaban J connectivity index is 1.45. The minimum atomic E-state index is 0.268. The second kappa shape index (κ2) is 7.31. The number of rotatable bonds is 5. The van der Waals surface area contributed by atoms with Gasteiger partial charge in [0.25, 0.3) is 0 Å². The smallest absolute Gasteiger partial charge is 0.124 e. The van der Waals surface area contributed by atoms with E-state index in [4.69, 9.17) is 9.47 Å². The van der Waals surface area contributed by atoms with Gasteiger partial charge in [-0.3, -0.25) is 9.58 Å². The molecule has 1 unspecified atom stereocenters. The molecule has 26 heavy (non-hydrogen) atoms. The number of ether oxygens (including phenoxy) is 2. The number of fused-ring (bicyclic) bond motifs is 1. The average Bonchev–Trinajstić information content (AvgIpc) is 3.20. The van der Waals surface area contributed by atoms with Crippen molar-refractivity contribution < 1.29 is 9.47 Å². The molecule has 1 aromatic carbocycles. The molecule has 2 aromatic rings. The summed E-state index contributed by atoms with van der Waals surface area (Å²) in [5.41, 5.74) is 3.89. The van der Waals surface area contributed by atoms with Gasteiger partial charge in [-0.2, -0.15) is 5.10 Å². The van der Waals surface area contributed by atoms with Gasteiger partial charge in [-0.25, -0.2) is 0 Å². The van der Waals surface area contributed by atoms with Crippen molar-refractivity contribution in [2.45, 2.75) is 51.7 Å². The summed E-state index contributed by atoms with van der Waals surface area (Å²) in [5, 5.41) is 4.32. The molecular weight excluding hydrogens is 326 g/mol. The first-order valence-corrected chi connectivity index (χ1v) is 9.79. The standard InChI is InChI=1S/C21H29N3O2/c1-4-25-20-12-17-11-15(2)26-21(17)13-18(20)14-24-9-6-16(7-10-24)19-5-8-22-23(19)3/h5,8,12-13,15-16H,4,6-7,9-11,14H2,1-3H3. The summed E-state index contributed by atoms with van der Waals surface area (Å²) in [5.74, 6) is 2.69. The lowest BCUT2D eigenvalue weighted by atomic mass is 9.93. The van der Waals surface area contributed by atoms with Gasteiger partial charge in [0.2, 0.25) is 0 Å². The van der Waals surface area contributed by atoms with Crippen LogP contribution in [0.25, 0.3) is 0 Å². The number of aryl methyl sites for hydroxylation is 1. The summed E-state index contributed by atoms with van der Waals surface area (Å²) in [6, 6.07) is 6.56. The van der Waals surface area contributed by atoms with Crippen molar-refractivity contribution in [3.8, 4) is 11.5 Å². The quantitative estimate of drug-likeness (QED) is 0.823. The normalized spacial score (nSPS) is 20.8. The van der Waals surface area contributed by atoms with Crippen molar-refractivity contribution in [3.63, 3.8) is 0 Å². The van der Waals surface area contributed by atoms with E-state index in [1.54, 1.807) is 0 Å². The highest BCUT2D eigenvalue weighted by atomic mass is 16.5. The number of hydrogen-bond acceptors (Lipinski definition) is 4. The van der Waals surface area contributed by atoms with Gasteiger partial charge in [0.05, 0.1) is 6.61 Å². The Hall–Kier alpha value is -2.01. The first kappa shape index (κ1) is 17.4. The third-order valence-corrected chi connectivity index (χ3v) is 5.64. The maximum absolute atomic E-state index is 5.97. The zero-order valence-electron chi connectivity index (χ0n) is 16.1. The fraction of sp³-hybridized carbons (Fsp3) is 0.571. The van der Waals surface area contributed by atoms with Crippen LogP contribution in [0.5, 0.6) is 11.5 Å². The number of aromatic nitrogens is 2. The minimum absolute atomic E-state index is 0.268. The zero-order chi connectivity index (χ0) is 18.1. The average molecular weight is 355 g/mol. The number of nitrogens with zero attached hydrogens (tertiary/aromatic N) is 3. The third-order valence-electron chi connectivity index (χ3n) is 5.64. The predicted molar refractivity (Wildman–Crippen MR) is 102 cm³/mol. The maximum Gasteiger partial charge on any atom is 0.124 e. The van der Waals surface area contributed by atoms with Crippen LogP contribution < -0.4 is 9.47 Å². The van der Waals surface area contributed by atoms with Crippen molar-refractivity contribution in [2.75, 3.05) is 19.7 Å². The van der Waals surface area contributed by atoms with Crippen LogP contribution in [0.2, 0.25) is 0 Å². The molecule has 0 aliphatic carbocycles. The summed E-state index contributed by atoms with van der Waals surface area (Å²) in [6.45, 7) is 8.02. The second-order valence-corrected chi connectivity index (χ2v) is 7.56. The van der Waals surface area contributed by atoms with E-state index < -0.39 is 0 Å². The first-order valence-electron chi connectivity index (χ1n) is 9.79. The molecule has 0 N–H and O–H groups in total. The molecule has 2 aliphatic heterocycles. The molecule has 3 heterocycles. The lowest BCUT2D eigenvalue weighted by molar-refractivity contribution is 0.198. The fourth-order valence-corrected chi connectivity index (χ4v) is 4.31. The van der Waals surface area contributed by atoms with Crippen LogP contribution in [-0.4, -0.2) is 40.5 Å². The molecule has 1 aromatic heterocycles. The molecule has 1 saturated heterocycles. The van der Waals surface area contributed by atoms with Crippen molar-refractivity contribution >= 4 is 0 Å². The largest absolute Gasteiger partial charge is 0.494 e. The van der Waals surface area contributed by atoms with Crippen LogP contribution in [0, 0.1) is 0 Å². The van der Waals surface area contributed by atoms with Gasteiger partial charge in [-0.1, -0.05) is 0 Å². The highest BCUT2D eigenvalue weighted by Gasteiger charge is 2.25. The Labute approximate surface area is 155 Å². The molecule has 0 amide bonds. The molecule has 1 atom stereocenters. The molecule has 1 fully saturated rings. The number of likely N-dealkylation sites (tertiary alicyclic amines) is 1. The molecule has 0 radical (unpaired) electrons. The van der Waals surface area contributed by atoms with Crippen LogP contribution >= 0.6 is 0 Å². The van der Waals surface area contributed by atoms with Crippen LogP contribution in [-0.2, 0) is 20.0 Å². The molecule has 5 heteroatoms. The van der Waals surface area contributed by atoms with E-state index in [0.717, 1.165) is 37.6 Å². The lowest BCUT2D eigenvalue weighted by Gasteiger charge is -2.32. The SMILES string of the molecule is CCOc1cc2c(cc1CN1CCC(c3ccnn3C)CC1)OC(C)C2. The Morgan fingerprint density at radius 2 is 2.08 bits per heavy atom. The Bertz CT molecular complexity index is 763. The van der Waals surface area contributed by atoms with E-state index >= 15 is 0 Å². The molecule has 2 aliphatic rings. The van der Waals surface area contributed by atoms with E-state index in [1.165, 1.54) is 29.7 Å². The van der Waals surface area contributed by atoms with E-state index in [0.29, 0.717) is 12.5 Å². The molecule has 0 spiro atoms. The highest BCUT2D eigenvalue weighted by Crippen LogP contribution is 2.36. The van der Waals surface area contributed by atoms with Crippen molar-refractivity contribution in [1.82, 2.24) is 14.7 Å². The van der Waals surface area contributed by atoms with Crippen molar-refractivity contribution in [3.05, 3.63) is 41.2 Å². The van der Waals surface area contributed by atoms with Crippen molar-refractivity contribution in [2.24, 2.45) is 7.05 Å². The van der Waals surface area contributed by atoms with E-state index in [2.05, 4.69) is 42.0 Å². The van der Waals surface area contributed by atoms with Gasteiger partial charge in [-0.15, -0.1) is 0 Å². The van der Waals surface area contributed by atoms with E-state index in [9.17, 15) is 0 Å². The number of benzene rings is 1. The Morgan fingerprint density at radius 1 is 1.27 bits per heavy atom. The second-order valence-electron chi connectivity index (χ2n) is 7.56. The predicted octanol–water partition coefficient (Wildman–Crippen LogP) is 3.52. The Kier molecular flexibility index (Phi) is 4.90. The lowest BCUT2D eigenvalue weighted by Crippen LogP contribution is -2.33. The molecular formula is C21H29N3O2. The fourth-order valence-electron chi connectivity index (χ4n) is 4.31. The Morgan fingerprint density at radius 3 is 2.77 bits per heavy atom. The zero-order valence-corrected chi connectivity index (χ0v) is 16.1. The van der Waals surface area contributed by atoms with Crippen LogP contribution in [0.1, 0.15) is 49.4 Å². The molecule has 0 saturated carbocycles. The maximum atomic E-state index is 5.97. The molecule has 4 rings (SSSR count). The third kappa shape index (κ3) is 3.45. The first-order chi connectivity index (χ1) is 12.6. The summed E-state index contributed by atoms with van der Waals surface area (Å²) in [7, 11) is 2.04. The van der Waals surface area contributed by atoms with Gasteiger partial charge in [0, 0.05) is 48.9 Å². The summed E-state index contributed by atoms with van der Waals surface area (Å²) < 4.78 is 13.9. The molecule has 0 bridgehead atoms. The number of hydrogen-bond donors (Lipinski definition) is 0. The highest BCUT2D eigenvalue weighted by molar-refractivity contribution is 5.48. The minimum Gasteiger partial charge on any atom is -0.494 e. The molecule has 140 valence electrons. The van der Waals surface area contributed by atoms with Crippen molar-refractivity contribution in [1.29, 1.82) is 0 Å². The number of piperidine rings is 1. The van der Waals surface area contributed by atoms with E-state index in [1.807, 2.05) is 17.9 Å². The summed E-state index contributed by atoms with van der Waals surface area (Å²) in [6.07, 6.45) is 5.52. The van der Waals surface area contributed by atoms with Crippen LogP contribution in [0.3, 0.4) is 0 Å². The van der Waals surface area contributed by atoms with Crippen LogP contribution in [0.15, 0.2) is 24.4 Å². The van der Waals surface area contributed by atoms with Gasteiger partial charge >= 0.3 is 0 Å². The van der Waals surface area contributed by atoms with Gasteiger partial charge in [0.1, 0.15) is 17.6 Å². The van der Waals surface area contributed by atoms with Crippen LogP contribution in [0.4, 0.5) is 0 Å². The van der Waals surface area contributed by atoms with E-state index in [-0.39, 0.29) is 6.10 Å². The molecule has 5 nitrogen and oxygen atoms in total. The summed E-state index contributed by atoms with van der Waals surface area (Å²) in [4.78, 5) is 2.54. The summed E-state index contributed by atoms with van der Waals surface area (Å²) >= 11 is 0. The monoisotopic (exact) mass is 355 g/mol. The van der Waals surface area contributed by atoms with Gasteiger partial charge < -0.3 is 9.47 Å².